The van der Waals surface area contributed by atoms with E-state index >= 15 is 0 Å². The van der Waals surface area contributed by atoms with E-state index in [1.165, 1.54) is 32.6 Å². The number of carboxylic acids is 1. The highest BCUT2D eigenvalue weighted by Crippen LogP contribution is 2.68. The number of hydrazine groups is 2. The molecule has 0 aromatic carbocycles. The minimum Gasteiger partial charge on any atom is -0.481 e. The Morgan fingerprint density at radius 3 is 1.47 bits per heavy atom. The molecular formula is C46H76N6O10. The Morgan fingerprint density at radius 1 is 0.710 bits per heavy atom. The molecule has 1 heterocycles. The number of carbonyl (C=O) groups is 6. The third-order valence-electron chi connectivity index (χ3n) is 16.4. The van der Waals surface area contributed by atoms with Gasteiger partial charge in [-0.25, -0.2) is 25.4 Å². The first-order valence-corrected chi connectivity index (χ1v) is 21.9. The number of aryl methyl sites for hydroxylation is 1. The maximum Gasteiger partial charge on any atom is 0.428 e. The van der Waals surface area contributed by atoms with Crippen LogP contribution in [-0.4, -0.2) is 85.8 Å². The average Bonchev–Trinajstić information content (AvgIpc) is 3.82. The van der Waals surface area contributed by atoms with Gasteiger partial charge in [0.1, 0.15) is 23.0 Å². The summed E-state index contributed by atoms with van der Waals surface area (Å²) in [5, 5.41) is 13.9. The second-order valence-electron chi connectivity index (χ2n) is 22.9. The van der Waals surface area contributed by atoms with Crippen molar-refractivity contribution in [2.75, 3.05) is 14.1 Å². The van der Waals surface area contributed by atoms with E-state index in [4.69, 9.17) is 20.4 Å². The number of nitrogens with two attached hydrogens (primary N) is 1. The largest absolute Gasteiger partial charge is 0.481 e. The lowest BCUT2D eigenvalue weighted by atomic mass is 9.70. The topological polar surface area (TPSA) is 223 Å². The Labute approximate surface area is 367 Å². The van der Waals surface area contributed by atoms with Crippen molar-refractivity contribution in [2.45, 2.75) is 165 Å². The molecule has 3 amide bonds. The highest BCUT2D eigenvalue weighted by molar-refractivity contribution is 6.07. The van der Waals surface area contributed by atoms with Gasteiger partial charge in [-0.05, 0) is 114 Å². The highest BCUT2D eigenvalue weighted by Gasteiger charge is 2.69. The summed E-state index contributed by atoms with van der Waals surface area (Å²) in [6.45, 7) is 29.6. The number of fused-ring (bicyclic) bond motifs is 9. The second-order valence-corrected chi connectivity index (χ2v) is 22.9. The molecule has 16 heteroatoms. The Bertz CT molecular complexity index is 2030. The van der Waals surface area contributed by atoms with Gasteiger partial charge >= 0.3 is 18.2 Å². The fourth-order valence-corrected chi connectivity index (χ4v) is 11.7. The summed E-state index contributed by atoms with van der Waals surface area (Å²) < 4.78 is 12.0. The average molecular weight is 873 g/mol. The number of aromatic nitrogens is 2. The molecular weight excluding hydrogens is 797 g/mol. The number of carbonyl (C=O) groups excluding carboxylic acids is 5. The number of carboxylic acid groups (broad SMARTS) is 1. The molecule has 5 N–H and O–H groups in total. The van der Waals surface area contributed by atoms with E-state index in [2.05, 4.69) is 45.1 Å². The Hall–Kier alpha value is -4.21. The van der Waals surface area contributed by atoms with Gasteiger partial charge in [0.05, 0.1) is 0 Å². The van der Waals surface area contributed by atoms with Crippen LogP contribution in [0.1, 0.15) is 160 Å². The zero-order valence-electron chi connectivity index (χ0n) is 40.7. The number of hydrogen-bond donors (Lipinski definition) is 4. The van der Waals surface area contributed by atoms with Gasteiger partial charge in [0.15, 0.2) is 11.6 Å². The van der Waals surface area contributed by atoms with Crippen LogP contribution in [0.4, 0.5) is 9.59 Å². The monoisotopic (exact) mass is 873 g/mol. The number of Topliss-reactive ketones (excluding diaryl/α,β-unsaturated/α-hetero) is 2. The first-order chi connectivity index (χ1) is 27.9. The quantitative estimate of drug-likeness (QED) is 0.104. The predicted octanol–water partition coefficient (Wildman–Crippen LogP) is 6.85. The van der Waals surface area contributed by atoms with Crippen molar-refractivity contribution in [1.29, 1.82) is 0 Å². The molecule has 7 rings (SSSR count). The van der Waals surface area contributed by atoms with Crippen LogP contribution >= 0.6 is 0 Å². The van der Waals surface area contributed by atoms with Crippen LogP contribution in [0, 0.1) is 50.7 Å². The predicted molar refractivity (Wildman–Crippen MR) is 233 cm³/mol. The second kappa shape index (κ2) is 16.1. The molecule has 5 fully saturated rings. The van der Waals surface area contributed by atoms with Gasteiger partial charge in [-0.3, -0.25) is 39.2 Å². The van der Waals surface area contributed by atoms with E-state index in [1.807, 2.05) is 39.4 Å². The van der Waals surface area contributed by atoms with Crippen molar-refractivity contribution in [1.82, 2.24) is 25.2 Å². The van der Waals surface area contributed by atoms with Crippen LogP contribution < -0.4 is 16.8 Å². The van der Waals surface area contributed by atoms with Crippen LogP contribution in [0.3, 0.4) is 0 Å². The van der Waals surface area contributed by atoms with Gasteiger partial charge in [-0.2, -0.15) is 0 Å². The van der Waals surface area contributed by atoms with Crippen molar-refractivity contribution in [3.63, 3.8) is 0 Å². The van der Waals surface area contributed by atoms with Crippen molar-refractivity contribution in [2.24, 2.45) is 63.6 Å². The third-order valence-corrected chi connectivity index (χ3v) is 16.4. The van der Waals surface area contributed by atoms with Crippen molar-refractivity contribution >= 4 is 35.6 Å². The van der Waals surface area contributed by atoms with E-state index in [0.717, 1.165) is 41.3 Å². The van der Waals surface area contributed by atoms with Gasteiger partial charge in [0.25, 0.3) is 5.56 Å². The summed E-state index contributed by atoms with van der Waals surface area (Å²) in [6.07, 6.45) is 4.64. The zero-order valence-corrected chi connectivity index (χ0v) is 40.7. The molecule has 0 aliphatic heterocycles. The number of ketones is 2. The van der Waals surface area contributed by atoms with Gasteiger partial charge in [-0.15, -0.1) is 0 Å². The van der Waals surface area contributed by atoms with Crippen LogP contribution in [0.2, 0.25) is 0 Å². The van der Waals surface area contributed by atoms with Crippen molar-refractivity contribution < 1.29 is 43.3 Å². The molecule has 350 valence electrons. The molecule has 1 aromatic heterocycles. The fourth-order valence-electron chi connectivity index (χ4n) is 11.7. The number of rotatable bonds is 2. The van der Waals surface area contributed by atoms with E-state index in [0.29, 0.717) is 5.92 Å². The number of hydrogen-bond acceptors (Lipinski definition) is 10. The Morgan fingerprint density at radius 2 is 1.13 bits per heavy atom. The number of amides is 3. The standard InChI is InChI=1S/C17H28N2O4.C12H18N2O.C11H16O3.C6H14N2O2/c1-15(2,3)23-14(22)19(7)18-13(21)11-10-8-9-17(6,12(11)20)16(10,4)5;1-11(2)7-5-6-12(11,3)9-8(7)10(15)13-14(9)4;1-10(2)6-4-5-11(10,3)8(12)7(6)9(13)14;1-6(2,3)10-5(9)8(4)7/h10-11H,8-9H2,1-7H3,(H,18,21);7H,5-6H2,1-4H3,(H,13,15);6-7H,4-5H2,1-3H3,(H,13,14);7H2,1-4H3/t10-,11?,17+;7-,12+;6-,7?,11+;/m000./s1. The molecule has 0 spiro atoms. The molecule has 0 radical (unpaired) electrons. The third kappa shape index (κ3) is 8.21. The van der Waals surface area contributed by atoms with E-state index < -0.39 is 57.9 Å². The van der Waals surface area contributed by atoms with E-state index in [9.17, 15) is 33.6 Å². The Balaban J connectivity index is 0.000000190. The minimum atomic E-state index is -0.934. The van der Waals surface area contributed by atoms with Crippen molar-refractivity contribution in [3.8, 4) is 0 Å². The molecule has 16 nitrogen and oxygen atoms in total. The highest BCUT2D eigenvalue weighted by atomic mass is 16.6. The number of nitrogens with one attached hydrogen (secondary N) is 2. The number of nitrogens with zero attached hydrogens (tertiary/aromatic N) is 3. The van der Waals surface area contributed by atoms with Crippen LogP contribution in [0.5, 0.6) is 0 Å². The summed E-state index contributed by atoms with van der Waals surface area (Å²) in [6, 6.07) is 0. The normalized spacial score (nSPS) is 32.3. The number of H-pyrrole nitrogens is 1. The van der Waals surface area contributed by atoms with Gasteiger partial charge in [0.2, 0.25) is 5.91 Å². The maximum atomic E-state index is 12.7. The van der Waals surface area contributed by atoms with Gasteiger partial charge in [0, 0.05) is 48.6 Å². The first kappa shape index (κ1) is 50.4. The zero-order chi connectivity index (χ0) is 47.9. The maximum absolute atomic E-state index is 12.7. The summed E-state index contributed by atoms with van der Waals surface area (Å²) >= 11 is 0. The summed E-state index contributed by atoms with van der Waals surface area (Å²) in [7, 11) is 4.83. The lowest BCUT2D eigenvalue weighted by Crippen LogP contribution is -2.50. The fraction of sp³-hybridized carbons (Fsp3) is 0.804. The molecule has 6 aliphatic carbocycles. The molecule has 8 atom stereocenters. The van der Waals surface area contributed by atoms with Crippen LogP contribution in [0.15, 0.2) is 4.79 Å². The number of ether oxygens (including phenoxy) is 2. The Kier molecular flexibility index (Phi) is 13.1. The van der Waals surface area contributed by atoms with Crippen LogP contribution in [-0.2, 0) is 41.1 Å². The SMILES string of the molecule is CC1(C)[C@H]2CC[C@]1(C)C(=O)C2C(=O)O.CN(N)C(=O)OC(C)(C)C.CN(NC(=O)C1C(=O)[C@@]2(C)CC[C@@H]1C2(C)C)C(=O)OC(C)(C)C.Cn1[nH]c(=O)c2c1[C@@]1(C)CC[C@@H]2C1(C)C. The van der Waals surface area contributed by atoms with Crippen LogP contribution in [0.25, 0.3) is 0 Å². The molecule has 6 aliphatic rings. The van der Waals surface area contributed by atoms with Gasteiger partial charge in [-0.1, -0.05) is 62.3 Å². The van der Waals surface area contributed by atoms with Crippen molar-refractivity contribution in [3.05, 3.63) is 21.6 Å². The number of aromatic amines is 1. The first-order valence-electron chi connectivity index (χ1n) is 21.9. The van der Waals surface area contributed by atoms with Gasteiger partial charge < -0.3 is 14.6 Å². The molecule has 6 bridgehead atoms. The summed E-state index contributed by atoms with van der Waals surface area (Å²) in [5.41, 5.74) is 3.08. The minimum absolute atomic E-state index is 0.00570. The molecule has 1 aromatic rings. The van der Waals surface area contributed by atoms with E-state index in [-0.39, 0.29) is 50.6 Å². The number of aliphatic carboxylic acids is 1. The summed E-state index contributed by atoms with van der Waals surface area (Å²) in [4.78, 5) is 82.8. The molecule has 62 heavy (non-hydrogen) atoms. The molecule has 2 unspecified atom stereocenters. The lowest BCUT2D eigenvalue weighted by Gasteiger charge is -2.35. The molecule has 5 saturated carbocycles. The lowest BCUT2D eigenvalue weighted by molar-refractivity contribution is -0.149. The van der Waals surface area contributed by atoms with E-state index in [1.54, 1.807) is 41.5 Å². The summed E-state index contributed by atoms with van der Waals surface area (Å²) in [5.74, 6) is 2.79. The molecule has 0 saturated heterocycles. The smallest absolute Gasteiger partial charge is 0.428 e.